The second-order valence-corrected chi connectivity index (χ2v) is 4.58. The Morgan fingerprint density at radius 3 is 2.78 bits per heavy atom. The average Bonchev–Trinajstić information content (AvgIpc) is 2.89. The fourth-order valence-electron chi connectivity index (χ4n) is 2.37. The van der Waals surface area contributed by atoms with Gasteiger partial charge in [-0.15, -0.1) is 0 Å². The van der Waals surface area contributed by atoms with Gasteiger partial charge in [0.1, 0.15) is 6.33 Å². The molecule has 2 aromatic rings. The standard InChI is InChI=1S/C12H15N5O/c1-9-10(7-13-12-14-8-15-17(9)12)11(18)16-5-3-2-4-6-16/h7-8H,2-6H2,1H3. The van der Waals surface area contributed by atoms with Gasteiger partial charge >= 0.3 is 0 Å². The van der Waals surface area contributed by atoms with Gasteiger partial charge in [-0.05, 0) is 26.2 Å². The van der Waals surface area contributed by atoms with Crippen LogP contribution in [0.25, 0.3) is 5.78 Å². The second-order valence-electron chi connectivity index (χ2n) is 4.58. The van der Waals surface area contributed by atoms with Crippen molar-refractivity contribution >= 4 is 11.7 Å². The van der Waals surface area contributed by atoms with Crippen LogP contribution in [0.2, 0.25) is 0 Å². The van der Waals surface area contributed by atoms with E-state index in [4.69, 9.17) is 0 Å². The number of likely N-dealkylation sites (tertiary alicyclic amines) is 1. The van der Waals surface area contributed by atoms with Crippen LogP contribution < -0.4 is 0 Å². The van der Waals surface area contributed by atoms with E-state index in [1.165, 1.54) is 12.7 Å². The van der Waals surface area contributed by atoms with Crippen LogP contribution in [0.3, 0.4) is 0 Å². The average molecular weight is 245 g/mol. The van der Waals surface area contributed by atoms with Crippen LogP contribution in [0, 0.1) is 6.92 Å². The molecule has 94 valence electrons. The fourth-order valence-corrected chi connectivity index (χ4v) is 2.37. The third-order valence-electron chi connectivity index (χ3n) is 3.42. The van der Waals surface area contributed by atoms with Crippen molar-refractivity contribution in [3.8, 4) is 0 Å². The highest BCUT2D eigenvalue weighted by Gasteiger charge is 2.21. The molecule has 2 aromatic heterocycles. The third kappa shape index (κ3) is 1.73. The van der Waals surface area contributed by atoms with Crippen LogP contribution in [-0.4, -0.2) is 43.5 Å². The molecule has 6 heteroatoms. The minimum absolute atomic E-state index is 0.0529. The maximum absolute atomic E-state index is 12.4. The number of fused-ring (bicyclic) bond motifs is 1. The molecule has 0 atom stereocenters. The zero-order chi connectivity index (χ0) is 12.5. The van der Waals surface area contributed by atoms with Crippen LogP contribution in [-0.2, 0) is 0 Å². The van der Waals surface area contributed by atoms with Crippen molar-refractivity contribution in [3.05, 3.63) is 23.8 Å². The maximum atomic E-state index is 12.4. The van der Waals surface area contributed by atoms with E-state index in [0.717, 1.165) is 31.6 Å². The number of rotatable bonds is 1. The predicted molar refractivity (Wildman–Crippen MR) is 65.3 cm³/mol. The number of carbonyl (C=O) groups is 1. The van der Waals surface area contributed by atoms with E-state index >= 15 is 0 Å². The Hall–Kier alpha value is -1.98. The van der Waals surface area contributed by atoms with Crippen molar-refractivity contribution < 1.29 is 4.79 Å². The largest absolute Gasteiger partial charge is 0.339 e. The van der Waals surface area contributed by atoms with Gasteiger partial charge in [0.05, 0.1) is 11.3 Å². The fraction of sp³-hybridized carbons (Fsp3) is 0.500. The first-order valence-corrected chi connectivity index (χ1v) is 6.22. The molecule has 0 saturated carbocycles. The van der Waals surface area contributed by atoms with E-state index in [2.05, 4.69) is 15.1 Å². The van der Waals surface area contributed by atoms with Gasteiger partial charge in [-0.1, -0.05) is 0 Å². The molecule has 0 radical (unpaired) electrons. The molecule has 0 unspecified atom stereocenters. The lowest BCUT2D eigenvalue weighted by Gasteiger charge is -2.27. The summed E-state index contributed by atoms with van der Waals surface area (Å²) in [6, 6.07) is 0. The summed E-state index contributed by atoms with van der Waals surface area (Å²) >= 11 is 0. The number of hydrogen-bond acceptors (Lipinski definition) is 4. The summed E-state index contributed by atoms with van der Waals surface area (Å²) < 4.78 is 1.61. The number of nitrogens with zero attached hydrogens (tertiary/aromatic N) is 5. The summed E-state index contributed by atoms with van der Waals surface area (Å²) in [5.41, 5.74) is 1.42. The Kier molecular flexibility index (Phi) is 2.70. The first-order chi connectivity index (χ1) is 8.77. The van der Waals surface area contributed by atoms with E-state index in [0.29, 0.717) is 11.3 Å². The molecule has 0 aromatic carbocycles. The van der Waals surface area contributed by atoms with Crippen LogP contribution in [0.5, 0.6) is 0 Å². The van der Waals surface area contributed by atoms with Gasteiger partial charge in [0.25, 0.3) is 11.7 Å². The van der Waals surface area contributed by atoms with Gasteiger partial charge in [-0.2, -0.15) is 10.1 Å². The van der Waals surface area contributed by atoms with Crippen molar-refractivity contribution in [2.24, 2.45) is 0 Å². The molecule has 3 heterocycles. The minimum Gasteiger partial charge on any atom is -0.339 e. The molecule has 6 nitrogen and oxygen atoms in total. The van der Waals surface area contributed by atoms with Crippen LogP contribution in [0.4, 0.5) is 0 Å². The van der Waals surface area contributed by atoms with E-state index < -0.39 is 0 Å². The molecule has 0 bridgehead atoms. The quantitative estimate of drug-likeness (QED) is 0.753. The Morgan fingerprint density at radius 2 is 2.00 bits per heavy atom. The molecular weight excluding hydrogens is 230 g/mol. The SMILES string of the molecule is Cc1c(C(=O)N2CCCCC2)cnc2ncnn12. The molecule has 0 spiro atoms. The second kappa shape index (κ2) is 4.36. The molecular formula is C12H15N5O. The highest BCUT2D eigenvalue weighted by Crippen LogP contribution is 2.15. The summed E-state index contributed by atoms with van der Waals surface area (Å²) in [4.78, 5) is 22.5. The molecule has 0 N–H and O–H groups in total. The van der Waals surface area contributed by atoms with Crippen LogP contribution in [0.15, 0.2) is 12.5 Å². The van der Waals surface area contributed by atoms with E-state index in [1.54, 1.807) is 10.7 Å². The van der Waals surface area contributed by atoms with Crippen LogP contribution >= 0.6 is 0 Å². The molecule has 0 aliphatic carbocycles. The number of aryl methyl sites for hydroxylation is 1. The summed E-state index contributed by atoms with van der Waals surface area (Å²) in [5.74, 6) is 0.583. The van der Waals surface area contributed by atoms with Gasteiger partial charge in [0.15, 0.2) is 0 Å². The van der Waals surface area contributed by atoms with Gasteiger partial charge < -0.3 is 4.90 Å². The zero-order valence-electron chi connectivity index (χ0n) is 10.3. The molecule has 3 rings (SSSR count). The van der Waals surface area contributed by atoms with Crippen LogP contribution in [0.1, 0.15) is 35.3 Å². The zero-order valence-corrected chi connectivity index (χ0v) is 10.3. The smallest absolute Gasteiger partial charge is 0.257 e. The lowest BCUT2D eigenvalue weighted by molar-refractivity contribution is 0.0722. The number of aromatic nitrogens is 4. The third-order valence-corrected chi connectivity index (χ3v) is 3.42. The summed E-state index contributed by atoms with van der Waals surface area (Å²) in [6.07, 6.45) is 6.44. The summed E-state index contributed by atoms with van der Waals surface area (Å²) in [7, 11) is 0. The predicted octanol–water partition coefficient (Wildman–Crippen LogP) is 1.06. The highest BCUT2D eigenvalue weighted by atomic mass is 16.2. The topological polar surface area (TPSA) is 63.4 Å². The van der Waals surface area contributed by atoms with E-state index in [-0.39, 0.29) is 5.91 Å². The van der Waals surface area contributed by atoms with Gasteiger partial charge in [0.2, 0.25) is 0 Å². The minimum atomic E-state index is 0.0529. The number of piperidine rings is 1. The number of carbonyl (C=O) groups excluding carboxylic acids is 1. The number of hydrogen-bond donors (Lipinski definition) is 0. The van der Waals surface area contributed by atoms with E-state index in [1.807, 2.05) is 11.8 Å². The normalized spacial score (nSPS) is 16.2. The molecule has 1 aliphatic rings. The Labute approximate surface area is 105 Å². The number of amides is 1. The van der Waals surface area contributed by atoms with Crippen molar-refractivity contribution in [3.63, 3.8) is 0 Å². The molecule has 18 heavy (non-hydrogen) atoms. The van der Waals surface area contributed by atoms with E-state index in [9.17, 15) is 4.79 Å². The molecule has 1 saturated heterocycles. The molecule has 1 fully saturated rings. The summed E-state index contributed by atoms with van der Waals surface area (Å²) in [6.45, 7) is 3.56. The summed E-state index contributed by atoms with van der Waals surface area (Å²) in [5, 5.41) is 4.08. The first-order valence-electron chi connectivity index (χ1n) is 6.22. The maximum Gasteiger partial charge on any atom is 0.257 e. The van der Waals surface area contributed by atoms with Crippen molar-refractivity contribution in [1.82, 2.24) is 24.5 Å². The lowest BCUT2D eigenvalue weighted by atomic mass is 10.1. The van der Waals surface area contributed by atoms with Crippen molar-refractivity contribution in [2.75, 3.05) is 13.1 Å². The lowest BCUT2D eigenvalue weighted by Crippen LogP contribution is -2.36. The van der Waals surface area contributed by atoms with Gasteiger partial charge in [-0.3, -0.25) is 4.79 Å². The highest BCUT2D eigenvalue weighted by molar-refractivity contribution is 5.95. The monoisotopic (exact) mass is 245 g/mol. The van der Waals surface area contributed by atoms with Gasteiger partial charge in [-0.25, -0.2) is 9.50 Å². The van der Waals surface area contributed by atoms with Crippen molar-refractivity contribution in [1.29, 1.82) is 0 Å². The Balaban J connectivity index is 1.97. The Morgan fingerprint density at radius 1 is 1.22 bits per heavy atom. The molecule has 1 aliphatic heterocycles. The first kappa shape index (κ1) is 11.1. The van der Waals surface area contributed by atoms with Crippen molar-refractivity contribution in [2.45, 2.75) is 26.2 Å². The molecule has 1 amide bonds. The Bertz CT molecular complexity index is 585. The van der Waals surface area contributed by atoms with Gasteiger partial charge in [0, 0.05) is 19.3 Å².